The summed E-state index contributed by atoms with van der Waals surface area (Å²) in [6.45, 7) is 0. The van der Waals surface area contributed by atoms with Crippen LogP contribution in [0.25, 0.3) is 0 Å². The van der Waals surface area contributed by atoms with Crippen molar-refractivity contribution in [2.45, 2.75) is 5.88 Å². The van der Waals surface area contributed by atoms with Gasteiger partial charge in [-0.15, -0.1) is 11.6 Å². The molecule has 0 unspecified atom stereocenters. The summed E-state index contributed by atoms with van der Waals surface area (Å²) in [4.78, 5) is 0. The fourth-order valence-corrected chi connectivity index (χ4v) is 2.00. The summed E-state index contributed by atoms with van der Waals surface area (Å²) in [6.07, 6.45) is 0. The van der Waals surface area contributed by atoms with E-state index in [9.17, 15) is 8.78 Å². The minimum absolute atomic E-state index is 0.173. The number of hydrogen-bond donors (Lipinski definition) is 0. The third kappa shape index (κ3) is 3.00. The number of hydrogen-bond acceptors (Lipinski definition) is 1. The lowest BCUT2D eigenvalue weighted by Crippen LogP contribution is -1.92. The van der Waals surface area contributed by atoms with Crippen LogP contribution in [0, 0.1) is 11.6 Å². The van der Waals surface area contributed by atoms with Crippen molar-refractivity contribution in [2.24, 2.45) is 0 Å². The summed E-state index contributed by atoms with van der Waals surface area (Å²) in [6, 6.07) is 9.28. The van der Waals surface area contributed by atoms with Gasteiger partial charge in [-0.25, -0.2) is 4.39 Å². The Balaban J connectivity index is 2.33. The summed E-state index contributed by atoms with van der Waals surface area (Å²) in [5.41, 5.74) is 0.838. The van der Waals surface area contributed by atoms with Gasteiger partial charge in [0.2, 0.25) is 5.82 Å². The van der Waals surface area contributed by atoms with E-state index >= 15 is 0 Å². The molecule has 0 atom stereocenters. The molecule has 2 aromatic rings. The molecule has 0 aromatic heterocycles. The van der Waals surface area contributed by atoms with Crippen LogP contribution in [0.5, 0.6) is 11.5 Å². The van der Waals surface area contributed by atoms with Crippen LogP contribution >= 0.6 is 27.5 Å². The molecule has 5 heteroatoms. The Morgan fingerprint density at radius 3 is 2.67 bits per heavy atom. The highest BCUT2D eigenvalue weighted by molar-refractivity contribution is 9.10. The number of ether oxygens (including phenoxy) is 1. The van der Waals surface area contributed by atoms with E-state index in [0.717, 1.165) is 11.6 Å². The maximum absolute atomic E-state index is 13.5. The van der Waals surface area contributed by atoms with E-state index in [-0.39, 0.29) is 5.75 Å². The lowest BCUT2D eigenvalue weighted by molar-refractivity contribution is 0.415. The molecule has 2 aromatic carbocycles. The van der Waals surface area contributed by atoms with E-state index in [4.69, 9.17) is 16.3 Å². The molecule has 2 rings (SSSR count). The lowest BCUT2D eigenvalue weighted by atomic mass is 10.2. The molecule has 0 radical (unpaired) electrons. The zero-order valence-electron chi connectivity index (χ0n) is 9.09. The maximum atomic E-state index is 13.5. The van der Waals surface area contributed by atoms with Gasteiger partial charge >= 0.3 is 0 Å². The first-order valence-corrected chi connectivity index (χ1v) is 6.40. The molecule has 0 N–H and O–H groups in total. The third-order valence-corrected chi connectivity index (χ3v) is 3.01. The zero-order chi connectivity index (χ0) is 13.1. The van der Waals surface area contributed by atoms with Crippen LogP contribution in [0.15, 0.2) is 40.9 Å². The van der Waals surface area contributed by atoms with Crippen molar-refractivity contribution in [1.82, 2.24) is 0 Å². The van der Waals surface area contributed by atoms with Gasteiger partial charge in [0.05, 0.1) is 0 Å². The van der Waals surface area contributed by atoms with Gasteiger partial charge in [0.15, 0.2) is 11.6 Å². The average Bonchev–Trinajstić information content (AvgIpc) is 2.35. The van der Waals surface area contributed by atoms with E-state index < -0.39 is 11.6 Å². The summed E-state index contributed by atoms with van der Waals surface area (Å²) >= 11 is 8.77. The maximum Gasteiger partial charge on any atom is 0.201 e. The Hall–Kier alpha value is -1.13. The summed E-state index contributed by atoms with van der Waals surface area (Å²) < 4.78 is 32.4. The molecule has 0 saturated heterocycles. The van der Waals surface area contributed by atoms with Gasteiger partial charge in [0, 0.05) is 10.4 Å². The molecule has 0 aliphatic heterocycles. The molecule has 0 saturated carbocycles. The molecule has 18 heavy (non-hydrogen) atoms. The van der Waals surface area contributed by atoms with Crippen LogP contribution in [0.2, 0.25) is 0 Å². The topological polar surface area (TPSA) is 9.23 Å². The highest BCUT2D eigenvalue weighted by Crippen LogP contribution is 2.30. The molecule has 0 amide bonds. The summed E-state index contributed by atoms with van der Waals surface area (Å²) in [5.74, 6) is -1.42. The largest absolute Gasteiger partial charge is 0.454 e. The normalized spacial score (nSPS) is 10.4. The van der Waals surface area contributed by atoms with Gasteiger partial charge in [-0.1, -0.05) is 28.1 Å². The van der Waals surface area contributed by atoms with Gasteiger partial charge in [-0.2, -0.15) is 4.39 Å². The quantitative estimate of drug-likeness (QED) is 0.550. The van der Waals surface area contributed by atoms with Crippen LogP contribution in [0.4, 0.5) is 8.78 Å². The van der Waals surface area contributed by atoms with Crippen molar-refractivity contribution in [2.75, 3.05) is 0 Å². The van der Waals surface area contributed by atoms with Crippen molar-refractivity contribution in [3.05, 3.63) is 58.1 Å². The van der Waals surface area contributed by atoms with Crippen molar-refractivity contribution in [1.29, 1.82) is 0 Å². The van der Waals surface area contributed by atoms with Gasteiger partial charge < -0.3 is 4.74 Å². The fourth-order valence-electron chi connectivity index (χ4n) is 1.43. The number of halogens is 4. The first-order chi connectivity index (χ1) is 8.60. The minimum atomic E-state index is -1.02. The number of rotatable bonds is 3. The Bertz CT molecular complexity index is 575. The summed E-state index contributed by atoms with van der Waals surface area (Å²) in [5, 5.41) is 0. The van der Waals surface area contributed by atoms with Crippen molar-refractivity contribution < 1.29 is 13.5 Å². The molecular formula is C13H8BrClF2O. The van der Waals surface area contributed by atoms with Crippen LogP contribution in [0.1, 0.15) is 5.56 Å². The summed E-state index contributed by atoms with van der Waals surface area (Å²) in [7, 11) is 0. The second-order valence-corrected chi connectivity index (χ2v) is 4.77. The molecule has 0 aliphatic carbocycles. The van der Waals surface area contributed by atoms with E-state index in [0.29, 0.717) is 16.1 Å². The van der Waals surface area contributed by atoms with E-state index in [1.807, 2.05) is 6.07 Å². The standard InChI is InChI=1S/C13H8BrClF2O/c14-9-5-11(16)13(17)12(6-9)18-10-3-1-2-8(4-10)7-15/h1-6H,7H2. The van der Waals surface area contributed by atoms with Crippen molar-refractivity contribution in [3.63, 3.8) is 0 Å². The van der Waals surface area contributed by atoms with Gasteiger partial charge in [0.25, 0.3) is 0 Å². The lowest BCUT2D eigenvalue weighted by Gasteiger charge is -2.08. The van der Waals surface area contributed by atoms with Crippen molar-refractivity contribution >= 4 is 27.5 Å². The van der Waals surface area contributed by atoms with E-state index in [1.165, 1.54) is 6.07 Å². The second-order valence-electron chi connectivity index (χ2n) is 3.58. The molecule has 0 spiro atoms. The third-order valence-electron chi connectivity index (χ3n) is 2.24. The Morgan fingerprint density at radius 1 is 1.17 bits per heavy atom. The Labute approximate surface area is 116 Å². The van der Waals surface area contributed by atoms with E-state index in [2.05, 4.69) is 15.9 Å². The van der Waals surface area contributed by atoms with Gasteiger partial charge in [-0.05, 0) is 29.8 Å². The van der Waals surface area contributed by atoms with Crippen molar-refractivity contribution in [3.8, 4) is 11.5 Å². The van der Waals surface area contributed by atoms with E-state index in [1.54, 1.807) is 18.2 Å². The first-order valence-electron chi connectivity index (χ1n) is 5.07. The monoisotopic (exact) mass is 332 g/mol. The molecule has 0 heterocycles. The SMILES string of the molecule is Fc1cc(Br)cc(Oc2cccc(CCl)c2)c1F. The molecule has 0 bridgehead atoms. The van der Waals surface area contributed by atoms with Gasteiger partial charge in [0.1, 0.15) is 5.75 Å². The van der Waals surface area contributed by atoms with Gasteiger partial charge in [-0.3, -0.25) is 0 Å². The van der Waals surface area contributed by atoms with Crippen LogP contribution < -0.4 is 4.74 Å². The smallest absolute Gasteiger partial charge is 0.201 e. The number of alkyl halides is 1. The molecule has 1 nitrogen and oxygen atoms in total. The second kappa shape index (κ2) is 5.67. The predicted molar refractivity (Wildman–Crippen MR) is 70.1 cm³/mol. The van der Waals surface area contributed by atoms with Crippen LogP contribution in [0.3, 0.4) is 0 Å². The first kappa shape index (κ1) is 13.3. The Kier molecular flexibility index (Phi) is 4.19. The Morgan fingerprint density at radius 2 is 1.94 bits per heavy atom. The van der Waals surface area contributed by atoms with Crippen LogP contribution in [-0.4, -0.2) is 0 Å². The number of benzene rings is 2. The highest BCUT2D eigenvalue weighted by atomic mass is 79.9. The van der Waals surface area contributed by atoms with Crippen LogP contribution in [-0.2, 0) is 5.88 Å². The fraction of sp³-hybridized carbons (Fsp3) is 0.0769. The molecular weight excluding hydrogens is 325 g/mol. The molecule has 0 fully saturated rings. The average molecular weight is 334 g/mol. The molecule has 0 aliphatic rings. The highest BCUT2D eigenvalue weighted by Gasteiger charge is 2.12. The minimum Gasteiger partial charge on any atom is -0.454 e. The predicted octanol–water partition coefficient (Wildman–Crippen LogP) is 5.26. The zero-order valence-corrected chi connectivity index (χ0v) is 11.4. The molecule has 94 valence electrons.